The zero-order valence-corrected chi connectivity index (χ0v) is 16.6. The average molecular weight is 386 g/mol. The third-order valence-corrected chi connectivity index (χ3v) is 4.87. The molecule has 1 nitrogen and oxygen atoms in total. The molecule has 1 N–H and O–H groups in total. The first kappa shape index (κ1) is 19.5. The molecule has 0 heterocycles. The summed E-state index contributed by atoms with van der Waals surface area (Å²) in [4.78, 5) is 0. The second kappa shape index (κ2) is 9.56. The molecule has 1 unspecified atom stereocenters. The number of rotatable bonds is 4. The van der Waals surface area contributed by atoms with Gasteiger partial charge in [0.2, 0.25) is 0 Å². The fourth-order valence-electron chi connectivity index (χ4n) is 3.27. The van der Waals surface area contributed by atoms with Crippen LogP contribution < -0.4 is 0 Å². The van der Waals surface area contributed by atoms with Crippen molar-refractivity contribution in [2.45, 2.75) is 6.10 Å². The molecule has 4 aromatic rings. The predicted octanol–water partition coefficient (Wildman–Crippen LogP) is 6.36. The number of hydrogen-bond donors (Lipinski definition) is 1. The summed E-state index contributed by atoms with van der Waals surface area (Å²) in [5.74, 6) is 6.35. The topological polar surface area (TPSA) is 20.2 Å². The second-order valence-electron chi connectivity index (χ2n) is 7.02. The largest absolute Gasteiger partial charge is 0.384 e. The SMILES string of the molecule is OC(/C(=C/c1ccccc1)c1ccccc1)c1ccc(C#Cc2ccccc2)cc1. The van der Waals surface area contributed by atoms with Crippen LogP contribution in [0.4, 0.5) is 0 Å². The molecule has 0 aliphatic carbocycles. The van der Waals surface area contributed by atoms with E-state index in [9.17, 15) is 5.11 Å². The monoisotopic (exact) mass is 386 g/mol. The molecule has 30 heavy (non-hydrogen) atoms. The Morgan fingerprint density at radius 3 is 1.70 bits per heavy atom. The van der Waals surface area contributed by atoms with Crippen molar-refractivity contribution >= 4 is 11.6 Å². The van der Waals surface area contributed by atoms with Crippen molar-refractivity contribution in [1.29, 1.82) is 0 Å². The summed E-state index contributed by atoms with van der Waals surface area (Å²) in [6, 6.07) is 37.8. The molecule has 0 aromatic heterocycles. The molecule has 0 amide bonds. The van der Waals surface area contributed by atoms with Crippen molar-refractivity contribution in [2.24, 2.45) is 0 Å². The van der Waals surface area contributed by atoms with E-state index in [-0.39, 0.29) is 0 Å². The lowest BCUT2D eigenvalue weighted by molar-refractivity contribution is 0.239. The van der Waals surface area contributed by atoms with E-state index in [1.807, 2.05) is 121 Å². The summed E-state index contributed by atoms with van der Waals surface area (Å²) in [7, 11) is 0. The van der Waals surface area contributed by atoms with E-state index in [1.165, 1.54) is 0 Å². The molecule has 144 valence electrons. The van der Waals surface area contributed by atoms with E-state index in [4.69, 9.17) is 0 Å². The Bertz CT molecular complexity index is 1160. The van der Waals surface area contributed by atoms with Crippen LogP contribution in [0.2, 0.25) is 0 Å². The highest BCUT2D eigenvalue weighted by Gasteiger charge is 2.15. The van der Waals surface area contributed by atoms with Crippen LogP contribution >= 0.6 is 0 Å². The van der Waals surface area contributed by atoms with Gasteiger partial charge in [-0.25, -0.2) is 0 Å². The zero-order chi connectivity index (χ0) is 20.6. The Morgan fingerprint density at radius 1 is 0.600 bits per heavy atom. The lowest BCUT2D eigenvalue weighted by Crippen LogP contribution is -2.01. The summed E-state index contributed by atoms with van der Waals surface area (Å²) in [6.45, 7) is 0. The zero-order valence-electron chi connectivity index (χ0n) is 16.6. The molecule has 0 bridgehead atoms. The lowest BCUT2D eigenvalue weighted by atomic mass is 9.93. The van der Waals surface area contributed by atoms with Crippen LogP contribution in [-0.2, 0) is 0 Å². The maximum absolute atomic E-state index is 11.2. The predicted molar refractivity (Wildman–Crippen MR) is 125 cm³/mol. The van der Waals surface area contributed by atoms with E-state index in [0.29, 0.717) is 0 Å². The highest BCUT2D eigenvalue weighted by molar-refractivity contribution is 5.84. The van der Waals surface area contributed by atoms with Crippen LogP contribution in [0.3, 0.4) is 0 Å². The van der Waals surface area contributed by atoms with Gasteiger partial charge in [0.25, 0.3) is 0 Å². The van der Waals surface area contributed by atoms with Gasteiger partial charge in [-0.2, -0.15) is 0 Å². The van der Waals surface area contributed by atoms with Gasteiger partial charge >= 0.3 is 0 Å². The molecule has 0 aliphatic rings. The van der Waals surface area contributed by atoms with Crippen molar-refractivity contribution in [3.63, 3.8) is 0 Å². The van der Waals surface area contributed by atoms with Gasteiger partial charge in [0.15, 0.2) is 0 Å². The molecule has 4 rings (SSSR count). The van der Waals surface area contributed by atoms with Crippen LogP contribution in [0.15, 0.2) is 115 Å². The van der Waals surface area contributed by atoms with Gasteiger partial charge in [-0.15, -0.1) is 0 Å². The molecule has 0 aliphatic heterocycles. The highest BCUT2D eigenvalue weighted by Crippen LogP contribution is 2.32. The smallest absolute Gasteiger partial charge is 0.105 e. The molecule has 0 radical (unpaired) electrons. The maximum atomic E-state index is 11.2. The number of aliphatic hydroxyl groups excluding tert-OH is 1. The summed E-state index contributed by atoms with van der Waals surface area (Å²) in [5.41, 5.74) is 5.67. The fourth-order valence-corrected chi connectivity index (χ4v) is 3.27. The molecule has 1 heteroatoms. The average Bonchev–Trinajstić information content (AvgIpc) is 2.83. The Labute approximate surface area is 178 Å². The maximum Gasteiger partial charge on any atom is 0.105 e. The van der Waals surface area contributed by atoms with E-state index >= 15 is 0 Å². The Hall–Kier alpha value is -3.86. The minimum absolute atomic E-state index is 0.733. The first-order valence-corrected chi connectivity index (χ1v) is 9.97. The van der Waals surface area contributed by atoms with Gasteiger partial charge in [-0.05, 0) is 52.6 Å². The normalized spacial score (nSPS) is 12.0. The van der Waals surface area contributed by atoms with Crippen LogP contribution in [0.1, 0.15) is 33.9 Å². The molecule has 0 saturated carbocycles. The molecule has 0 spiro atoms. The van der Waals surface area contributed by atoms with Gasteiger partial charge in [0, 0.05) is 11.1 Å². The fraction of sp³-hybridized carbons (Fsp3) is 0.0345. The second-order valence-corrected chi connectivity index (χ2v) is 7.02. The van der Waals surface area contributed by atoms with E-state index in [1.54, 1.807) is 0 Å². The van der Waals surface area contributed by atoms with Crippen molar-refractivity contribution in [3.05, 3.63) is 143 Å². The van der Waals surface area contributed by atoms with E-state index < -0.39 is 6.10 Å². The summed E-state index contributed by atoms with van der Waals surface area (Å²) < 4.78 is 0. The van der Waals surface area contributed by atoms with Crippen molar-refractivity contribution in [1.82, 2.24) is 0 Å². The van der Waals surface area contributed by atoms with Crippen LogP contribution in [0.25, 0.3) is 11.6 Å². The van der Waals surface area contributed by atoms with Gasteiger partial charge in [0.1, 0.15) is 6.10 Å². The standard InChI is InChI=1S/C29H22O/c30-29(27-20-18-24(19-21-27)17-16-23-10-4-1-5-11-23)28(26-14-8-3-9-15-26)22-25-12-6-2-7-13-25/h1-15,18-22,29-30H/b28-22+. The third-order valence-electron chi connectivity index (χ3n) is 4.87. The van der Waals surface area contributed by atoms with E-state index in [2.05, 4.69) is 11.8 Å². The first-order chi connectivity index (χ1) is 14.8. The third kappa shape index (κ3) is 4.94. The summed E-state index contributed by atoms with van der Waals surface area (Å²) in [5, 5.41) is 11.2. The van der Waals surface area contributed by atoms with Crippen LogP contribution in [0.5, 0.6) is 0 Å². The minimum atomic E-state index is -0.733. The van der Waals surface area contributed by atoms with Crippen molar-refractivity contribution in [3.8, 4) is 11.8 Å². The van der Waals surface area contributed by atoms with Crippen LogP contribution in [0, 0.1) is 11.8 Å². The summed E-state index contributed by atoms with van der Waals surface area (Å²) >= 11 is 0. The number of aliphatic hydroxyl groups is 1. The number of hydrogen-bond acceptors (Lipinski definition) is 1. The molecule has 0 fully saturated rings. The quantitative estimate of drug-likeness (QED) is 0.320. The summed E-state index contributed by atoms with van der Waals surface area (Å²) in [6.07, 6.45) is 1.31. The molecular weight excluding hydrogens is 364 g/mol. The van der Waals surface area contributed by atoms with Gasteiger partial charge in [-0.3, -0.25) is 0 Å². The van der Waals surface area contributed by atoms with Gasteiger partial charge in [-0.1, -0.05) is 103 Å². The Balaban J connectivity index is 1.63. The minimum Gasteiger partial charge on any atom is -0.384 e. The van der Waals surface area contributed by atoms with Gasteiger partial charge in [0.05, 0.1) is 0 Å². The molecule has 4 aromatic carbocycles. The van der Waals surface area contributed by atoms with Crippen molar-refractivity contribution in [2.75, 3.05) is 0 Å². The van der Waals surface area contributed by atoms with Crippen molar-refractivity contribution < 1.29 is 5.11 Å². The Kier molecular flexibility index (Phi) is 6.20. The molecule has 0 saturated heterocycles. The number of benzene rings is 4. The van der Waals surface area contributed by atoms with E-state index in [0.717, 1.165) is 33.4 Å². The van der Waals surface area contributed by atoms with Gasteiger partial charge < -0.3 is 5.11 Å². The first-order valence-electron chi connectivity index (χ1n) is 9.97. The molecular formula is C29H22O. The Morgan fingerprint density at radius 2 is 1.10 bits per heavy atom. The highest BCUT2D eigenvalue weighted by atomic mass is 16.3. The lowest BCUT2D eigenvalue weighted by Gasteiger charge is -2.17. The van der Waals surface area contributed by atoms with Crippen LogP contribution in [-0.4, -0.2) is 5.11 Å². The molecule has 1 atom stereocenters.